The third kappa shape index (κ3) is 2.39. The SMILES string of the molecule is Cn1cc(Sc2nc(Cl)c(C=O)s2)cn1. The molecule has 15 heavy (non-hydrogen) atoms. The summed E-state index contributed by atoms with van der Waals surface area (Å²) in [7, 11) is 1.84. The van der Waals surface area contributed by atoms with Crippen LogP contribution in [0.4, 0.5) is 0 Å². The van der Waals surface area contributed by atoms with Gasteiger partial charge >= 0.3 is 0 Å². The molecule has 0 aliphatic rings. The van der Waals surface area contributed by atoms with E-state index in [-0.39, 0.29) is 5.15 Å². The summed E-state index contributed by atoms with van der Waals surface area (Å²) in [6, 6.07) is 0. The molecule has 0 bridgehead atoms. The van der Waals surface area contributed by atoms with E-state index < -0.39 is 0 Å². The van der Waals surface area contributed by atoms with Crippen molar-refractivity contribution >= 4 is 41.0 Å². The molecule has 2 heterocycles. The first-order valence-electron chi connectivity index (χ1n) is 3.97. The van der Waals surface area contributed by atoms with Gasteiger partial charge in [-0.15, -0.1) is 11.3 Å². The van der Waals surface area contributed by atoms with Crippen LogP contribution in [0.15, 0.2) is 21.6 Å². The summed E-state index contributed by atoms with van der Waals surface area (Å²) in [4.78, 5) is 16.1. The van der Waals surface area contributed by atoms with Gasteiger partial charge in [-0.1, -0.05) is 23.4 Å². The number of aldehydes is 1. The zero-order valence-electron chi connectivity index (χ0n) is 7.68. The van der Waals surface area contributed by atoms with Crippen molar-refractivity contribution in [3.05, 3.63) is 22.4 Å². The normalized spacial score (nSPS) is 10.5. The van der Waals surface area contributed by atoms with E-state index in [1.165, 1.54) is 23.1 Å². The molecule has 0 spiro atoms. The molecular weight excluding hydrogens is 254 g/mol. The van der Waals surface area contributed by atoms with Crippen molar-refractivity contribution in [3.63, 3.8) is 0 Å². The first kappa shape index (κ1) is 10.7. The minimum Gasteiger partial charge on any atom is -0.297 e. The number of hydrogen-bond acceptors (Lipinski definition) is 5. The Labute approximate surface area is 99.3 Å². The van der Waals surface area contributed by atoms with Gasteiger partial charge < -0.3 is 0 Å². The van der Waals surface area contributed by atoms with Crippen LogP contribution in [0.2, 0.25) is 5.15 Å². The van der Waals surface area contributed by atoms with Crippen LogP contribution in [0, 0.1) is 0 Å². The van der Waals surface area contributed by atoms with Crippen molar-refractivity contribution in [1.82, 2.24) is 14.8 Å². The van der Waals surface area contributed by atoms with Gasteiger partial charge in [0.05, 0.1) is 11.1 Å². The predicted octanol–water partition coefficient (Wildman–Crippen LogP) is 2.49. The molecule has 2 aromatic rings. The van der Waals surface area contributed by atoms with Gasteiger partial charge in [0.2, 0.25) is 0 Å². The van der Waals surface area contributed by atoms with E-state index in [0.29, 0.717) is 11.2 Å². The van der Waals surface area contributed by atoms with Gasteiger partial charge in [0.1, 0.15) is 4.88 Å². The Hall–Kier alpha value is -0.850. The maximum absolute atomic E-state index is 10.6. The number of aryl methyl sites for hydroxylation is 1. The number of aromatic nitrogens is 3. The maximum Gasteiger partial charge on any atom is 0.163 e. The second-order valence-electron chi connectivity index (χ2n) is 2.70. The Balaban J connectivity index is 2.20. The van der Waals surface area contributed by atoms with Gasteiger partial charge in [-0.25, -0.2) is 4.98 Å². The molecule has 2 rings (SSSR count). The predicted molar refractivity (Wildman–Crippen MR) is 59.8 cm³/mol. The molecule has 0 unspecified atom stereocenters. The molecule has 0 saturated carbocycles. The highest BCUT2D eigenvalue weighted by molar-refractivity contribution is 8.01. The highest BCUT2D eigenvalue weighted by Gasteiger charge is 2.10. The van der Waals surface area contributed by atoms with Crippen LogP contribution in [0.5, 0.6) is 0 Å². The summed E-state index contributed by atoms with van der Waals surface area (Å²) in [5.74, 6) is 0. The Kier molecular flexibility index (Phi) is 3.08. The highest BCUT2D eigenvalue weighted by Crippen LogP contribution is 2.33. The number of hydrogen-bond donors (Lipinski definition) is 0. The van der Waals surface area contributed by atoms with Gasteiger partial charge in [0.15, 0.2) is 15.8 Å². The smallest absolute Gasteiger partial charge is 0.163 e. The molecule has 0 atom stereocenters. The van der Waals surface area contributed by atoms with Crippen LogP contribution in [0.1, 0.15) is 9.67 Å². The van der Waals surface area contributed by atoms with Crippen LogP contribution in [-0.2, 0) is 7.05 Å². The lowest BCUT2D eigenvalue weighted by Crippen LogP contribution is -1.83. The third-order valence-electron chi connectivity index (χ3n) is 1.58. The van der Waals surface area contributed by atoms with Crippen molar-refractivity contribution in [2.45, 2.75) is 9.24 Å². The van der Waals surface area contributed by atoms with E-state index in [1.807, 2.05) is 13.2 Å². The average Bonchev–Trinajstić information content (AvgIpc) is 2.73. The van der Waals surface area contributed by atoms with Crippen molar-refractivity contribution in [3.8, 4) is 0 Å². The zero-order valence-corrected chi connectivity index (χ0v) is 10.1. The Bertz CT molecular complexity index is 494. The van der Waals surface area contributed by atoms with Crippen molar-refractivity contribution in [2.75, 3.05) is 0 Å². The van der Waals surface area contributed by atoms with E-state index in [4.69, 9.17) is 11.6 Å². The maximum atomic E-state index is 10.6. The lowest BCUT2D eigenvalue weighted by atomic mass is 10.6. The molecule has 0 fully saturated rings. The third-order valence-corrected chi connectivity index (χ3v) is 3.97. The van der Waals surface area contributed by atoms with Gasteiger partial charge in [-0.2, -0.15) is 5.10 Å². The van der Waals surface area contributed by atoms with Gasteiger partial charge in [0, 0.05) is 13.2 Å². The fraction of sp³-hybridized carbons (Fsp3) is 0.125. The van der Waals surface area contributed by atoms with Crippen molar-refractivity contribution < 1.29 is 4.79 Å². The van der Waals surface area contributed by atoms with E-state index >= 15 is 0 Å². The average molecular weight is 260 g/mol. The van der Waals surface area contributed by atoms with Crippen LogP contribution >= 0.6 is 34.7 Å². The second kappa shape index (κ2) is 4.34. The summed E-state index contributed by atoms with van der Waals surface area (Å²) in [5, 5.41) is 4.30. The summed E-state index contributed by atoms with van der Waals surface area (Å²) in [6.45, 7) is 0. The molecule has 78 valence electrons. The Morgan fingerprint density at radius 1 is 1.67 bits per heavy atom. The molecular formula is C8H6ClN3OS2. The van der Waals surface area contributed by atoms with E-state index in [9.17, 15) is 4.79 Å². The van der Waals surface area contributed by atoms with Crippen molar-refractivity contribution in [1.29, 1.82) is 0 Å². The van der Waals surface area contributed by atoms with Gasteiger partial charge in [-0.05, 0) is 0 Å². The van der Waals surface area contributed by atoms with Gasteiger partial charge in [0.25, 0.3) is 0 Å². The van der Waals surface area contributed by atoms with E-state index in [2.05, 4.69) is 10.1 Å². The van der Waals surface area contributed by atoms with Crippen molar-refractivity contribution in [2.24, 2.45) is 7.05 Å². The number of halogens is 1. The second-order valence-corrected chi connectivity index (χ2v) is 5.41. The fourth-order valence-electron chi connectivity index (χ4n) is 0.963. The molecule has 0 radical (unpaired) electrons. The largest absolute Gasteiger partial charge is 0.297 e. The molecule has 0 saturated heterocycles. The summed E-state index contributed by atoms with van der Waals surface area (Å²) >= 11 is 8.47. The molecule has 0 aromatic carbocycles. The standard InChI is InChI=1S/C8H6ClN3OS2/c1-12-3-5(2-10-12)14-8-11-7(9)6(4-13)15-8/h2-4H,1H3. The molecule has 0 aliphatic carbocycles. The Morgan fingerprint density at radius 2 is 2.47 bits per heavy atom. The molecule has 4 nitrogen and oxygen atoms in total. The van der Waals surface area contributed by atoms with E-state index in [0.717, 1.165) is 9.24 Å². The number of nitrogens with zero attached hydrogens (tertiary/aromatic N) is 3. The number of carbonyl (C=O) groups is 1. The minimum atomic E-state index is 0.265. The minimum absolute atomic E-state index is 0.265. The Morgan fingerprint density at radius 3 is 3.00 bits per heavy atom. The van der Waals surface area contributed by atoms with E-state index in [1.54, 1.807) is 10.9 Å². The topological polar surface area (TPSA) is 47.8 Å². The highest BCUT2D eigenvalue weighted by atomic mass is 35.5. The summed E-state index contributed by atoms with van der Waals surface area (Å²) in [5.41, 5.74) is 0. The molecule has 0 aliphatic heterocycles. The summed E-state index contributed by atoms with van der Waals surface area (Å²) in [6.07, 6.45) is 4.33. The lowest BCUT2D eigenvalue weighted by molar-refractivity contribution is 0.112. The lowest BCUT2D eigenvalue weighted by Gasteiger charge is -1.88. The monoisotopic (exact) mass is 259 g/mol. The zero-order chi connectivity index (χ0) is 10.8. The first-order chi connectivity index (χ1) is 7.19. The summed E-state index contributed by atoms with van der Waals surface area (Å²) < 4.78 is 2.45. The van der Waals surface area contributed by atoms with Crippen LogP contribution in [0.3, 0.4) is 0 Å². The number of carbonyl (C=O) groups excluding carboxylic acids is 1. The molecule has 0 N–H and O–H groups in total. The quantitative estimate of drug-likeness (QED) is 0.795. The van der Waals surface area contributed by atoms with Gasteiger partial charge in [-0.3, -0.25) is 9.48 Å². The molecule has 7 heteroatoms. The van der Waals surface area contributed by atoms with Crippen LogP contribution in [0.25, 0.3) is 0 Å². The molecule has 0 amide bonds. The number of rotatable bonds is 3. The number of thiazole rings is 1. The van der Waals surface area contributed by atoms with Crippen LogP contribution in [-0.4, -0.2) is 21.1 Å². The fourth-order valence-corrected chi connectivity index (χ4v) is 3.18. The van der Waals surface area contributed by atoms with Crippen LogP contribution < -0.4 is 0 Å². The molecule has 2 aromatic heterocycles. The first-order valence-corrected chi connectivity index (χ1v) is 5.98.